The summed E-state index contributed by atoms with van der Waals surface area (Å²) in [6.07, 6.45) is 1.42. The zero-order valence-corrected chi connectivity index (χ0v) is 9.31. The third kappa shape index (κ3) is 6.77. The Hall–Kier alpha value is 0.650. The fraction of sp³-hybridized carbons (Fsp3) is 0.600. The molecule has 56 valence electrons. The summed E-state index contributed by atoms with van der Waals surface area (Å²) in [5, 5.41) is 1.02. The Morgan fingerprint density at radius 2 is 2.10 bits per heavy atom. The molecule has 0 unspecified atom stereocenters. The summed E-state index contributed by atoms with van der Waals surface area (Å²) in [5.41, 5.74) is 0. The molecule has 0 N–H and O–H groups in total. The topological polar surface area (TPSA) is 43.4 Å². The van der Waals surface area contributed by atoms with Crippen LogP contribution in [0.15, 0.2) is 11.5 Å². The molecule has 0 aromatic rings. The summed E-state index contributed by atoms with van der Waals surface area (Å²) in [6.45, 7) is 3.43. The third-order valence-electron chi connectivity index (χ3n) is 0.585. The molecule has 0 amide bonds. The molecule has 0 saturated heterocycles. The standard InChI is InChI=1S/C5H10O3S.Na.H/c1-3-5-9(6,7)8-4-2;;/h3,5H,4H2,1-2H3;;/q;+1;-1. The van der Waals surface area contributed by atoms with Crippen LogP contribution in [-0.4, -0.2) is 15.0 Å². The van der Waals surface area contributed by atoms with E-state index in [4.69, 9.17) is 0 Å². The van der Waals surface area contributed by atoms with Crippen LogP contribution in [-0.2, 0) is 14.3 Å². The second-order valence-electron chi connectivity index (χ2n) is 1.37. The molecule has 0 saturated carbocycles. The van der Waals surface area contributed by atoms with E-state index in [1.54, 1.807) is 13.8 Å². The first-order valence-electron chi connectivity index (χ1n) is 2.64. The monoisotopic (exact) mass is 174 g/mol. The second kappa shape index (κ2) is 6.37. The van der Waals surface area contributed by atoms with Gasteiger partial charge in [0.2, 0.25) is 0 Å². The second-order valence-corrected chi connectivity index (χ2v) is 2.86. The van der Waals surface area contributed by atoms with Gasteiger partial charge in [0.05, 0.1) is 12.0 Å². The van der Waals surface area contributed by atoms with Gasteiger partial charge in [-0.2, -0.15) is 8.42 Å². The van der Waals surface area contributed by atoms with Crippen molar-refractivity contribution in [2.45, 2.75) is 13.8 Å². The maximum Gasteiger partial charge on any atom is 1.00 e. The molecule has 0 aliphatic carbocycles. The Balaban J connectivity index is -0.000000320. The van der Waals surface area contributed by atoms with Crippen molar-refractivity contribution in [3.63, 3.8) is 0 Å². The summed E-state index contributed by atoms with van der Waals surface area (Å²) in [6, 6.07) is 0. The van der Waals surface area contributed by atoms with E-state index < -0.39 is 10.1 Å². The molecule has 0 aromatic carbocycles. The van der Waals surface area contributed by atoms with Crippen LogP contribution >= 0.6 is 0 Å². The van der Waals surface area contributed by atoms with Gasteiger partial charge in [-0.15, -0.1) is 0 Å². The molecular weight excluding hydrogens is 163 g/mol. The van der Waals surface area contributed by atoms with Crippen LogP contribution in [0.25, 0.3) is 0 Å². The van der Waals surface area contributed by atoms with Crippen LogP contribution in [0.2, 0.25) is 0 Å². The van der Waals surface area contributed by atoms with Gasteiger partial charge >= 0.3 is 29.6 Å². The molecule has 3 nitrogen and oxygen atoms in total. The molecule has 0 aromatic heterocycles. The van der Waals surface area contributed by atoms with Crippen molar-refractivity contribution in [2.24, 2.45) is 0 Å². The molecule has 0 fully saturated rings. The Morgan fingerprint density at radius 3 is 2.40 bits per heavy atom. The molecule has 0 aliphatic heterocycles. The van der Waals surface area contributed by atoms with Gasteiger partial charge < -0.3 is 1.43 Å². The largest absolute Gasteiger partial charge is 1.00 e. The maximum atomic E-state index is 10.5. The molecule has 0 spiro atoms. The van der Waals surface area contributed by atoms with Gasteiger partial charge in [-0.05, 0) is 13.8 Å². The van der Waals surface area contributed by atoms with Gasteiger partial charge in [0.1, 0.15) is 0 Å². The van der Waals surface area contributed by atoms with Crippen molar-refractivity contribution in [2.75, 3.05) is 6.61 Å². The maximum absolute atomic E-state index is 10.5. The van der Waals surface area contributed by atoms with Gasteiger partial charge in [0, 0.05) is 0 Å². The first kappa shape index (κ1) is 13.3. The SMILES string of the molecule is CC=CS(=O)(=O)OCC.[H-].[Na+]. The first-order valence-corrected chi connectivity index (χ1v) is 4.11. The molecule has 0 heterocycles. The van der Waals surface area contributed by atoms with Gasteiger partial charge in [-0.1, -0.05) is 6.08 Å². The van der Waals surface area contributed by atoms with Crippen LogP contribution in [0.4, 0.5) is 0 Å². The van der Waals surface area contributed by atoms with E-state index in [-0.39, 0.29) is 37.6 Å². The summed E-state index contributed by atoms with van der Waals surface area (Å²) >= 11 is 0. The van der Waals surface area contributed by atoms with E-state index in [1.807, 2.05) is 0 Å². The van der Waals surface area contributed by atoms with E-state index in [9.17, 15) is 8.42 Å². The van der Waals surface area contributed by atoms with Crippen molar-refractivity contribution < 1.29 is 43.6 Å². The van der Waals surface area contributed by atoms with E-state index in [2.05, 4.69) is 4.18 Å². The average molecular weight is 174 g/mol. The third-order valence-corrected chi connectivity index (χ3v) is 1.75. The summed E-state index contributed by atoms with van der Waals surface area (Å²) < 4.78 is 25.4. The minimum Gasteiger partial charge on any atom is -1.00 e. The van der Waals surface area contributed by atoms with E-state index >= 15 is 0 Å². The molecule has 10 heavy (non-hydrogen) atoms. The van der Waals surface area contributed by atoms with Crippen LogP contribution in [0.1, 0.15) is 15.3 Å². The number of hydrogen-bond acceptors (Lipinski definition) is 3. The Labute approximate surface area is 85.4 Å². The van der Waals surface area contributed by atoms with Gasteiger partial charge in [0.25, 0.3) is 10.1 Å². The number of allylic oxidation sites excluding steroid dienone is 1. The summed E-state index contributed by atoms with van der Waals surface area (Å²) in [7, 11) is -3.36. The van der Waals surface area contributed by atoms with Crippen LogP contribution in [0, 0.1) is 0 Å². The summed E-state index contributed by atoms with van der Waals surface area (Å²) in [4.78, 5) is 0. The minimum absolute atomic E-state index is 0. The van der Waals surface area contributed by atoms with Crippen molar-refractivity contribution >= 4 is 10.1 Å². The normalized spacial score (nSPS) is 11.4. The molecule has 0 bridgehead atoms. The van der Waals surface area contributed by atoms with E-state index in [0.29, 0.717) is 0 Å². The van der Waals surface area contributed by atoms with Crippen molar-refractivity contribution in [3.05, 3.63) is 11.5 Å². The van der Waals surface area contributed by atoms with Crippen LogP contribution in [0.3, 0.4) is 0 Å². The molecular formula is C5H11NaO3S. The van der Waals surface area contributed by atoms with Gasteiger partial charge in [0.15, 0.2) is 0 Å². The number of hydrogen-bond donors (Lipinski definition) is 0. The zero-order chi connectivity index (χ0) is 7.33. The molecule has 0 radical (unpaired) electrons. The zero-order valence-electron chi connectivity index (χ0n) is 7.49. The van der Waals surface area contributed by atoms with Crippen molar-refractivity contribution in [1.82, 2.24) is 0 Å². The quantitative estimate of drug-likeness (QED) is 0.367. The fourth-order valence-electron chi connectivity index (χ4n) is 0.370. The number of rotatable bonds is 3. The molecule has 5 heteroatoms. The predicted octanol–water partition coefficient (Wildman–Crippen LogP) is -2.00. The smallest absolute Gasteiger partial charge is 1.00 e. The molecule has 0 atom stereocenters. The van der Waals surface area contributed by atoms with Crippen molar-refractivity contribution in [3.8, 4) is 0 Å². The van der Waals surface area contributed by atoms with E-state index in [1.165, 1.54) is 6.08 Å². The molecule has 0 aliphatic rings. The predicted molar refractivity (Wildman–Crippen MR) is 36.5 cm³/mol. The van der Waals surface area contributed by atoms with E-state index in [0.717, 1.165) is 5.41 Å². The van der Waals surface area contributed by atoms with Crippen LogP contribution in [0.5, 0.6) is 0 Å². The van der Waals surface area contributed by atoms with Crippen LogP contribution < -0.4 is 29.6 Å². The Morgan fingerprint density at radius 1 is 1.60 bits per heavy atom. The van der Waals surface area contributed by atoms with Gasteiger partial charge in [-0.25, -0.2) is 0 Å². The fourth-order valence-corrected chi connectivity index (χ4v) is 1.11. The Bertz CT molecular complexity index is 188. The first-order chi connectivity index (χ1) is 4.12. The minimum atomic E-state index is -3.36. The molecule has 0 rings (SSSR count). The average Bonchev–Trinajstić information content (AvgIpc) is 1.64. The Kier molecular flexibility index (Phi) is 8.44. The summed E-state index contributed by atoms with van der Waals surface area (Å²) in [5.74, 6) is 0. The van der Waals surface area contributed by atoms with Gasteiger partial charge in [-0.3, -0.25) is 4.18 Å². The van der Waals surface area contributed by atoms with Crippen molar-refractivity contribution in [1.29, 1.82) is 0 Å².